The molecule has 0 amide bonds. The van der Waals surface area contributed by atoms with Gasteiger partial charge in [0.25, 0.3) is 0 Å². The Balaban J connectivity index is 2.44. The van der Waals surface area contributed by atoms with E-state index in [1.165, 1.54) is 0 Å². The Morgan fingerprint density at radius 3 is 2.50 bits per heavy atom. The first kappa shape index (κ1) is 12.3. The first-order chi connectivity index (χ1) is 6.31. The largest absolute Gasteiger partial charge is 0.387 e. The molecule has 2 radical (unpaired) electrons. The maximum atomic E-state index is 13.1. The molecule has 0 saturated carbocycles. The number of alkyl halides is 1. The van der Waals surface area contributed by atoms with Gasteiger partial charge < -0.3 is 9.84 Å². The van der Waals surface area contributed by atoms with Crippen molar-refractivity contribution in [3.05, 3.63) is 0 Å². The Kier molecular flexibility index (Phi) is 3.84. The molecule has 1 saturated heterocycles. The molecule has 1 aliphatic heterocycles. The first-order valence-corrected chi connectivity index (χ1v) is 7.77. The lowest BCUT2D eigenvalue weighted by molar-refractivity contribution is 0.0289. The van der Waals surface area contributed by atoms with Crippen LogP contribution in [0.4, 0.5) is 4.39 Å². The third-order valence-corrected chi connectivity index (χ3v) is 3.84. The summed E-state index contributed by atoms with van der Waals surface area (Å²) in [5.74, 6) is 0. The van der Waals surface area contributed by atoms with E-state index in [9.17, 15) is 9.50 Å². The van der Waals surface area contributed by atoms with Crippen LogP contribution < -0.4 is 0 Å². The predicted molar refractivity (Wildman–Crippen MR) is 60.7 cm³/mol. The average molecular weight is 218 g/mol. The molecule has 0 aromatic rings. The number of hydrogen-bond donors (Lipinski definition) is 1. The number of rotatable bonds is 3. The summed E-state index contributed by atoms with van der Waals surface area (Å²) < 4.78 is 18.2. The normalized spacial score (nSPS) is 38.9. The van der Waals surface area contributed by atoms with Gasteiger partial charge in [-0.3, -0.25) is 0 Å². The van der Waals surface area contributed by atoms with Gasteiger partial charge in [-0.05, 0) is 25.9 Å². The molecule has 0 aromatic carbocycles. The van der Waals surface area contributed by atoms with E-state index in [1.807, 2.05) is 0 Å². The summed E-state index contributed by atoms with van der Waals surface area (Å²) in [6.45, 7) is 3.06. The van der Waals surface area contributed by atoms with Crippen LogP contribution in [0.2, 0.25) is 0 Å². The molecule has 1 fully saturated rings. The fraction of sp³-hybridized carbons (Fsp3) is 0.889. The van der Waals surface area contributed by atoms with Gasteiger partial charge in [0.2, 0.25) is 0 Å². The number of ether oxygens (including phenoxy) is 1. The minimum atomic E-state index is -1.45. The van der Waals surface area contributed by atoms with Crippen LogP contribution in [0.25, 0.3) is 0 Å². The lowest BCUT2D eigenvalue weighted by Crippen LogP contribution is -2.29. The van der Waals surface area contributed by atoms with Gasteiger partial charge in [-0.25, -0.2) is 4.39 Å². The summed E-state index contributed by atoms with van der Waals surface area (Å²) in [4.78, 5) is 0. The fourth-order valence-electron chi connectivity index (χ4n) is 1.47. The maximum absolute atomic E-state index is 13.1. The molecule has 5 heteroatoms. The Labute approximate surface area is 86.2 Å². The van der Waals surface area contributed by atoms with E-state index in [0.29, 0.717) is 6.42 Å². The summed E-state index contributed by atoms with van der Waals surface area (Å²) in [5, 5.41) is 9.44. The highest BCUT2D eigenvalue weighted by molar-refractivity contribution is 7.72. The smallest absolute Gasteiger partial charge is 0.146 e. The zero-order chi connectivity index (χ0) is 10.9. The van der Waals surface area contributed by atoms with Crippen molar-refractivity contribution in [1.29, 1.82) is 0 Å². The third-order valence-electron chi connectivity index (χ3n) is 2.37. The summed E-state index contributed by atoms with van der Waals surface area (Å²) in [6.07, 6.45) is 2.58. The van der Waals surface area contributed by atoms with Gasteiger partial charge in [-0.15, -0.1) is 13.2 Å². The van der Waals surface area contributed by atoms with Crippen LogP contribution >= 0.6 is 6.89 Å². The highest BCUT2D eigenvalue weighted by Crippen LogP contribution is 2.38. The highest BCUT2D eigenvalue weighted by atomic mass is 31.2. The highest BCUT2D eigenvalue weighted by Gasteiger charge is 2.40. The summed E-state index contributed by atoms with van der Waals surface area (Å²) in [5.41, 5.74) is 0. The molecule has 14 heavy (non-hydrogen) atoms. The Morgan fingerprint density at radius 1 is 1.57 bits per heavy atom. The lowest BCUT2D eigenvalue weighted by atomic mass is 9.94. The molecular formula is C9H17BFO2P. The molecule has 1 rings (SSSR count). The molecule has 0 aromatic heterocycles. The van der Waals surface area contributed by atoms with Gasteiger partial charge >= 0.3 is 0 Å². The SMILES string of the molecule is [B][C@@H]1O[C@H](CCP(=C)(C)C)[C@@H](O)[C@H]1F. The van der Waals surface area contributed by atoms with Crippen molar-refractivity contribution in [2.45, 2.75) is 30.8 Å². The van der Waals surface area contributed by atoms with Gasteiger partial charge in [0, 0.05) is 0 Å². The van der Waals surface area contributed by atoms with Crippen molar-refractivity contribution in [2.24, 2.45) is 0 Å². The zero-order valence-corrected chi connectivity index (χ0v) is 9.58. The molecule has 0 unspecified atom stereocenters. The first-order valence-electron chi connectivity index (χ1n) is 4.72. The van der Waals surface area contributed by atoms with E-state index in [-0.39, 0.29) is 0 Å². The van der Waals surface area contributed by atoms with Crippen molar-refractivity contribution in [2.75, 3.05) is 19.5 Å². The second kappa shape index (κ2) is 4.38. The quantitative estimate of drug-likeness (QED) is 0.557. The second-order valence-corrected chi connectivity index (χ2v) is 8.84. The molecule has 4 atom stereocenters. The van der Waals surface area contributed by atoms with Crippen LogP contribution in [0.5, 0.6) is 0 Å². The molecule has 2 nitrogen and oxygen atoms in total. The summed E-state index contributed by atoms with van der Waals surface area (Å²) in [7, 11) is 5.33. The molecule has 1 aliphatic rings. The van der Waals surface area contributed by atoms with Crippen molar-refractivity contribution in [3.8, 4) is 0 Å². The monoisotopic (exact) mass is 218 g/mol. The Bertz CT molecular complexity index is 243. The number of halogens is 1. The molecule has 1 N–H and O–H groups in total. The second-order valence-electron chi connectivity index (χ2n) is 4.52. The summed E-state index contributed by atoms with van der Waals surface area (Å²) >= 11 is 0. The van der Waals surface area contributed by atoms with Crippen molar-refractivity contribution in [3.63, 3.8) is 0 Å². The summed E-state index contributed by atoms with van der Waals surface area (Å²) in [6, 6.07) is -0.971. The van der Waals surface area contributed by atoms with Gasteiger partial charge in [-0.2, -0.15) is 0 Å². The minimum absolute atomic E-state index is 0.457. The number of aliphatic hydroxyl groups excluding tert-OH is 1. The predicted octanol–water partition coefficient (Wildman–Crippen LogP) is 0.678. The van der Waals surface area contributed by atoms with Crippen LogP contribution in [0.15, 0.2) is 0 Å². The van der Waals surface area contributed by atoms with Crippen LogP contribution in [0.1, 0.15) is 6.42 Å². The topological polar surface area (TPSA) is 29.5 Å². The van der Waals surface area contributed by atoms with E-state index in [4.69, 9.17) is 12.6 Å². The molecular weight excluding hydrogens is 201 g/mol. The van der Waals surface area contributed by atoms with E-state index in [0.717, 1.165) is 6.16 Å². The number of hydrogen-bond acceptors (Lipinski definition) is 2. The number of aliphatic hydroxyl groups is 1. The van der Waals surface area contributed by atoms with E-state index in [1.54, 1.807) is 0 Å². The van der Waals surface area contributed by atoms with Crippen molar-refractivity contribution in [1.82, 2.24) is 0 Å². The fourth-order valence-corrected chi connectivity index (χ4v) is 2.43. The Morgan fingerprint density at radius 2 is 2.14 bits per heavy atom. The average Bonchev–Trinajstić information content (AvgIpc) is 2.28. The molecule has 80 valence electrons. The van der Waals surface area contributed by atoms with Crippen molar-refractivity contribution < 1.29 is 14.2 Å². The van der Waals surface area contributed by atoms with Gasteiger partial charge in [0.1, 0.15) is 20.1 Å². The molecule has 0 spiro atoms. The zero-order valence-electron chi connectivity index (χ0n) is 8.69. The van der Waals surface area contributed by atoms with Crippen LogP contribution in [0.3, 0.4) is 0 Å². The minimum Gasteiger partial charge on any atom is -0.387 e. The van der Waals surface area contributed by atoms with Crippen molar-refractivity contribution >= 4 is 21.0 Å². The maximum Gasteiger partial charge on any atom is 0.146 e. The Hall–Kier alpha value is 0.215. The van der Waals surface area contributed by atoms with Gasteiger partial charge in [-0.1, -0.05) is 0 Å². The third kappa shape index (κ3) is 3.11. The van der Waals surface area contributed by atoms with E-state index in [2.05, 4.69) is 19.6 Å². The van der Waals surface area contributed by atoms with Crippen LogP contribution in [-0.4, -0.2) is 63.1 Å². The molecule has 0 aliphatic carbocycles. The lowest BCUT2D eigenvalue weighted by Gasteiger charge is -2.18. The van der Waals surface area contributed by atoms with E-state index >= 15 is 0 Å². The van der Waals surface area contributed by atoms with Gasteiger partial charge in [0.05, 0.1) is 12.1 Å². The van der Waals surface area contributed by atoms with Crippen LogP contribution in [-0.2, 0) is 4.74 Å². The van der Waals surface area contributed by atoms with Crippen LogP contribution in [0, 0.1) is 0 Å². The van der Waals surface area contributed by atoms with Gasteiger partial charge in [0.15, 0.2) is 0 Å². The molecule has 1 heterocycles. The standard InChI is InChI=1S/C9H17BFO2P/c1-14(2,3)5-4-6-8(12)7(11)9(10)13-6/h6-9,12H,1,4-5H2,2-3H3/t6-,7-,8-,9-/m1/s1. The van der Waals surface area contributed by atoms with E-state index < -0.39 is 31.3 Å². The molecule has 0 bridgehead atoms.